The second-order valence-electron chi connectivity index (χ2n) is 8.47. The Labute approximate surface area is 187 Å². The third-order valence-electron chi connectivity index (χ3n) is 5.70. The molecular weight excluding hydrogens is 406 g/mol. The molecule has 0 bridgehead atoms. The molecular formula is C24H27N5O3. The summed E-state index contributed by atoms with van der Waals surface area (Å²) in [5.74, 6) is 1.50. The number of nitriles is 1. The van der Waals surface area contributed by atoms with Crippen LogP contribution in [0.15, 0.2) is 41.3 Å². The smallest absolute Gasteiger partial charge is 0.252 e. The summed E-state index contributed by atoms with van der Waals surface area (Å²) in [7, 11) is 1.72. The maximum absolute atomic E-state index is 12.5. The standard InChI is InChI=1S/C24H27N5O3/c1-15(2)31-18-6-8-22(26-13-18)32-21-9-10-29(14-16(21)3)20-11-23(30)28(4)19-7-5-17(12-25)27-24(19)20/h5-8,11,13,15-16,21H,9-10,14H2,1-4H3/t16?,21-/m1/s1. The first kappa shape index (κ1) is 21.6. The molecule has 0 radical (unpaired) electrons. The van der Waals surface area contributed by atoms with Gasteiger partial charge in [-0.05, 0) is 32.0 Å². The fourth-order valence-electron chi connectivity index (χ4n) is 4.07. The van der Waals surface area contributed by atoms with E-state index in [0.29, 0.717) is 35.7 Å². The van der Waals surface area contributed by atoms with Crippen LogP contribution in [-0.2, 0) is 7.05 Å². The largest absolute Gasteiger partial charge is 0.489 e. The van der Waals surface area contributed by atoms with Crippen molar-refractivity contribution in [2.75, 3.05) is 18.0 Å². The Morgan fingerprint density at radius 1 is 1.25 bits per heavy atom. The van der Waals surface area contributed by atoms with E-state index in [1.54, 1.807) is 36.0 Å². The minimum atomic E-state index is -0.0991. The van der Waals surface area contributed by atoms with Gasteiger partial charge in [-0.3, -0.25) is 4.79 Å². The van der Waals surface area contributed by atoms with E-state index in [4.69, 9.17) is 9.47 Å². The van der Waals surface area contributed by atoms with E-state index in [2.05, 4.69) is 27.9 Å². The zero-order chi connectivity index (χ0) is 22.8. The lowest BCUT2D eigenvalue weighted by atomic mass is 9.96. The third kappa shape index (κ3) is 4.37. The molecule has 8 nitrogen and oxygen atoms in total. The molecule has 0 amide bonds. The summed E-state index contributed by atoms with van der Waals surface area (Å²) in [4.78, 5) is 23.6. The van der Waals surface area contributed by atoms with Crippen molar-refractivity contribution in [3.63, 3.8) is 0 Å². The van der Waals surface area contributed by atoms with Gasteiger partial charge in [0.05, 0.1) is 23.5 Å². The molecule has 32 heavy (non-hydrogen) atoms. The predicted octanol–water partition coefficient (Wildman–Crippen LogP) is 3.28. The van der Waals surface area contributed by atoms with E-state index in [9.17, 15) is 10.1 Å². The first-order chi connectivity index (χ1) is 15.4. The van der Waals surface area contributed by atoms with Crippen molar-refractivity contribution in [2.45, 2.75) is 39.4 Å². The molecule has 1 aliphatic rings. The van der Waals surface area contributed by atoms with Crippen molar-refractivity contribution in [1.29, 1.82) is 5.26 Å². The SMILES string of the molecule is CC(C)Oc1ccc(O[C@@H]2CCN(c3cc(=O)n(C)c4ccc(C#N)nc34)CC2C)nc1. The van der Waals surface area contributed by atoms with E-state index in [-0.39, 0.29) is 23.7 Å². The van der Waals surface area contributed by atoms with Crippen LogP contribution in [0.5, 0.6) is 11.6 Å². The van der Waals surface area contributed by atoms with Crippen LogP contribution in [-0.4, -0.2) is 39.8 Å². The minimum Gasteiger partial charge on any atom is -0.489 e. The van der Waals surface area contributed by atoms with Gasteiger partial charge >= 0.3 is 0 Å². The zero-order valence-corrected chi connectivity index (χ0v) is 18.8. The fourth-order valence-corrected chi connectivity index (χ4v) is 4.07. The zero-order valence-electron chi connectivity index (χ0n) is 18.8. The molecule has 4 rings (SSSR count). The quantitative estimate of drug-likeness (QED) is 0.609. The van der Waals surface area contributed by atoms with Crippen LogP contribution < -0.4 is 19.9 Å². The molecule has 0 aliphatic carbocycles. The molecule has 0 aromatic carbocycles. The Bertz CT molecular complexity index is 1210. The Morgan fingerprint density at radius 2 is 2.06 bits per heavy atom. The summed E-state index contributed by atoms with van der Waals surface area (Å²) in [5, 5.41) is 9.27. The number of hydrogen-bond donors (Lipinski definition) is 0. The fraction of sp³-hybridized carbons (Fsp3) is 0.417. The van der Waals surface area contributed by atoms with Gasteiger partial charge in [-0.1, -0.05) is 6.92 Å². The molecule has 1 fully saturated rings. The number of ether oxygens (including phenoxy) is 2. The first-order valence-electron chi connectivity index (χ1n) is 10.8. The van der Waals surface area contributed by atoms with Crippen LogP contribution in [0.2, 0.25) is 0 Å². The van der Waals surface area contributed by atoms with Crippen molar-refractivity contribution in [3.05, 3.63) is 52.6 Å². The monoisotopic (exact) mass is 433 g/mol. The van der Waals surface area contributed by atoms with Crippen LogP contribution >= 0.6 is 0 Å². The summed E-state index contributed by atoms with van der Waals surface area (Å²) in [6.07, 6.45) is 2.56. The normalized spacial score (nSPS) is 18.6. The second kappa shape index (κ2) is 8.87. The van der Waals surface area contributed by atoms with Gasteiger partial charge < -0.3 is 18.9 Å². The topological polar surface area (TPSA) is 93.3 Å². The number of nitrogens with zero attached hydrogens (tertiary/aromatic N) is 5. The van der Waals surface area contributed by atoms with E-state index < -0.39 is 0 Å². The van der Waals surface area contributed by atoms with Gasteiger partial charge in [-0.15, -0.1) is 0 Å². The van der Waals surface area contributed by atoms with Gasteiger partial charge in [0, 0.05) is 44.6 Å². The van der Waals surface area contributed by atoms with Gasteiger partial charge in [0.1, 0.15) is 29.1 Å². The molecule has 1 saturated heterocycles. The summed E-state index contributed by atoms with van der Waals surface area (Å²) >= 11 is 0. The number of hydrogen-bond acceptors (Lipinski definition) is 7. The van der Waals surface area contributed by atoms with Gasteiger partial charge in [-0.2, -0.15) is 5.26 Å². The van der Waals surface area contributed by atoms with Crippen molar-refractivity contribution in [1.82, 2.24) is 14.5 Å². The highest BCUT2D eigenvalue weighted by Gasteiger charge is 2.29. The highest BCUT2D eigenvalue weighted by Crippen LogP contribution is 2.30. The van der Waals surface area contributed by atoms with Crippen molar-refractivity contribution in [3.8, 4) is 17.7 Å². The summed E-state index contributed by atoms with van der Waals surface area (Å²) < 4.78 is 13.4. The second-order valence-corrected chi connectivity index (χ2v) is 8.47. The van der Waals surface area contributed by atoms with Crippen molar-refractivity contribution >= 4 is 16.7 Å². The van der Waals surface area contributed by atoms with Crippen LogP contribution in [0, 0.1) is 17.2 Å². The average molecular weight is 434 g/mol. The Kier molecular flexibility index (Phi) is 5.99. The van der Waals surface area contributed by atoms with E-state index >= 15 is 0 Å². The minimum absolute atomic E-state index is 0.0102. The number of aromatic nitrogens is 3. The lowest BCUT2D eigenvalue weighted by Crippen LogP contribution is -2.45. The highest BCUT2D eigenvalue weighted by molar-refractivity contribution is 5.88. The maximum atomic E-state index is 12.5. The van der Waals surface area contributed by atoms with Crippen LogP contribution in [0.1, 0.15) is 32.9 Å². The predicted molar refractivity (Wildman–Crippen MR) is 122 cm³/mol. The molecule has 166 valence electrons. The molecule has 2 atom stereocenters. The molecule has 3 aromatic heterocycles. The average Bonchev–Trinajstić information content (AvgIpc) is 2.78. The number of rotatable bonds is 5. The van der Waals surface area contributed by atoms with Crippen LogP contribution in [0.25, 0.3) is 11.0 Å². The number of anilines is 1. The maximum Gasteiger partial charge on any atom is 0.252 e. The molecule has 0 N–H and O–H groups in total. The lowest BCUT2D eigenvalue weighted by Gasteiger charge is -2.38. The Morgan fingerprint density at radius 3 is 2.72 bits per heavy atom. The van der Waals surface area contributed by atoms with E-state index in [1.165, 1.54) is 0 Å². The molecule has 0 spiro atoms. The molecule has 8 heteroatoms. The summed E-state index contributed by atoms with van der Waals surface area (Å²) in [6, 6.07) is 10.8. The molecule has 0 saturated carbocycles. The lowest BCUT2D eigenvalue weighted by molar-refractivity contribution is 0.116. The number of fused-ring (bicyclic) bond motifs is 1. The van der Waals surface area contributed by atoms with Gasteiger partial charge in [0.25, 0.3) is 5.56 Å². The van der Waals surface area contributed by atoms with Crippen LogP contribution in [0.3, 0.4) is 0 Å². The molecule has 1 unspecified atom stereocenters. The van der Waals surface area contributed by atoms with Crippen LogP contribution in [0.4, 0.5) is 5.69 Å². The summed E-state index contributed by atoms with van der Waals surface area (Å²) in [5.41, 5.74) is 2.38. The van der Waals surface area contributed by atoms with Crippen molar-refractivity contribution < 1.29 is 9.47 Å². The molecule has 1 aliphatic heterocycles. The first-order valence-corrected chi connectivity index (χ1v) is 10.8. The van der Waals surface area contributed by atoms with Crippen molar-refractivity contribution in [2.24, 2.45) is 13.0 Å². The van der Waals surface area contributed by atoms with E-state index in [0.717, 1.165) is 17.9 Å². The van der Waals surface area contributed by atoms with E-state index in [1.807, 2.05) is 26.0 Å². The number of pyridine rings is 3. The molecule has 3 aromatic rings. The number of piperidine rings is 1. The highest BCUT2D eigenvalue weighted by atomic mass is 16.5. The third-order valence-corrected chi connectivity index (χ3v) is 5.70. The Balaban J connectivity index is 1.52. The van der Waals surface area contributed by atoms with Gasteiger partial charge in [-0.25, -0.2) is 9.97 Å². The Hall–Kier alpha value is -3.60. The number of aryl methyl sites for hydroxylation is 1. The van der Waals surface area contributed by atoms with Gasteiger partial charge in [0.15, 0.2) is 0 Å². The van der Waals surface area contributed by atoms with Gasteiger partial charge in [0.2, 0.25) is 5.88 Å². The summed E-state index contributed by atoms with van der Waals surface area (Å²) in [6.45, 7) is 7.50. The molecule has 4 heterocycles.